The molecular formula is C13H21N5O2S. The highest BCUT2D eigenvalue weighted by molar-refractivity contribution is 7.99. The van der Waals surface area contributed by atoms with Gasteiger partial charge in [0.1, 0.15) is 6.33 Å². The molecule has 0 bridgehead atoms. The smallest absolute Gasteiger partial charge is 0.321 e. The molecule has 0 aliphatic heterocycles. The van der Waals surface area contributed by atoms with E-state index in [2.05, 4.69) is 27.8 Å². The lowest BCUT2D eigenvalue weighted by atomic mass is 9.86. The summed E-state index contributed by atoms with van der Waals surface area (Å²) >= 11 is 1.25. The van der Waals surface area contributed by atoms with Crippen molar-refractivity contribution in [3.63, 3.8) is 0 Å². The topological polar surface area (TPSA) is 88.9 Å². The first kappa shape index (κ1) is 15.8. The monoisotopic (exact) mass is 311 g/mol. The van der Waals surface area contributed by atoms with E-state index in [4.69, 9.17) is 0 Å². The Kier molecular flexibility index (Phi) is 5.60. The summed E-state index contributed by atoms with van der Waals surface area (Å²) in [5, 5.41) is 13.5. The van der Waals surface area contributed by atoms with Crippen molar-refractivity contribution in [1.82, 2.24) is 25.4 Å². The van der Waals surface area contributed by atoms with Gasteiger partial charge in [0.05, 0.1) is 5.75 Å². The molecule has 0 radical (unpaired) electrons. The maximum absolute atomic E-state index is 11.8. The molecule has 0 spiro atoms. The minimum atomic E-state index is -0.405. The standard InChI is InChI=1S/C13H21N5O2S/c1-9-5-3-4-6-10(9)15-12(20)16-11(19)7-21-13-17-14-8-18(13)2/h8-10H,3-7H2,1-2H3,(H2,15,16,19,20). The molecule has 3 amide bonds. The number of imide groups is 1. The van der Waals surface area contributed by atoms with Gasteiger partial charge in [0.25, 0.3) is 0 Å². The zero-order valence-corrected chi connectivity index (χ0v) is 13.2. The highest BCUT2D eigenvalue weighted by atomic mass is 32.2. The van der Waals surface area contributed by atoms with Crippen LogP contribution < -0.4 is 10.6 Å². The van der Waals surface area contributed by atoms with Crippen molar-refractivity contribution in [3.8, 4) is 0 Å². The fourth-order valence-corrected chi connectivity index (χ4v) is 3.12. The van der Waals surface area contributed by atoms with E-state index in [1.54, 1.807) is 17.9 Å². The summed E-state index contributed by atoms with van der Waals surface area (Å²) < 4.78 is 1.72. The van der Waals surface area contributed by atoms with Crippen LogP contribution in [0.15, 0.2) is 11.5 Å². The van der Waals surface area contributed by atoms with E-state index in [0.717, 1.165) is 19.3 Å². The third kappa shape index (κ3) is 4.73. The zero-order valence-electron chi connectivity index (χ0n) is 12.3. The molecular weight excluding hydrogens is 290 g/mol. The molecule has 2 unspecified atom stereocenters. The number of carbonyl (C=O) groups excluding carboxylic acids is 2. The molecule has 116 valence electrons. The summed E-state index contributed by atoms with van der Waals surface area (Å²) in [6, 6.07) is -0.241. The van der Waals surface area contributed by atoms with Gasteiger partial charge in [0, 0.05) is 13.1 Å². The highest BCUT2D eigenvalue weighted by Gasteiger charge is 2.23. The number of rotatable bonds is 4. The Hall–Kier alpha value is -1.57. The van der Waals surface area contributed by atoms with Crippen molar-refractivity contribution in [1.29, 1.82) is 0 Å². The molecule has 8 heteroatoms. The van der Waals surface area contributed by atoms with Crippen molar-refractivity contribution in [2.24, 2.45) is 13.0 Å². The van der Waals surface area contributed by atoms with E-state index in [-0.39, 0.29) is 17.7 Å². The fraction of sp³-hybridized carbons (Fsp3) is 0.692. The Balaban J connectivity index is 1.72. The zero-order chi connectivity index (χ0) is 15.2. The van der Waals surface area contributed by atoms with Crippen LogP contribution in [0, 0.1) is 5.92 Å². The number of hydrogen-bond donors (Lipinski definition) is 2. The van der Waals surface area contributed by atoms with Gasteiger partial charge in [-0.3, -0.25) is 10.1 Å². The summed E-state index contributed by atoms with van der Waals surface area (Å²) in [6.45, 7) is 2.13. The van der Waals surface area contributed by atoms with Gasteiger partial charge in [0.15, 0.2) is 5.16 Å². The average molecular weight is 311 g/mol. The lowest BCUT2D eigenvalue weighted by Crippen LogP contribution is -2.48. The summed E-state index contributed by atoms with van der Waals surface area (Å²) in [4.78, 5) is 23.5. The molecule has 1 heterocycles. The second kappa shape index (κ2) is 7.44. The quantitative estimate of drug-likeness (QED) is 0.819. The Bertz CT molecular complexity index is 505. The van der Waals surface area contributed by atoms with E-state index in [0.29, 0.717) is 11.1 Å². The number of aryl methyl sites for hydroxylation is 1. The van der Waals surface area contributed by atoms with Gasteiger partial charge in [-0.25, -0.2) is 4.79 Å². The maximum Gasteiger partial charge on any atom is 0.321 e. The van der Waals surface area contributed by atoms with Crippen LogP contribution in [0.2, 0.25) is 0 Å². The van der Waals surface area contributed by atoms with Gasteiger partial charge < -0.3 is 9.88 Å². The van der Waals surface area contributed by atoms with Gasteiger partial charge in [0.2, 0.25) is 5.91 Å². The van der Waals surface area contributed by atoms with Crippen LogP contribution in [0.1, 0.15) is 32.6 Å². The molecule has 2 atom stereocenters. The van der Waals surface area contributed by atoms with E-state index < -0.39 is 6.03 Å². The Morgan fingerprint density at radius 1 is 1.43 bits per heavy atom. The van der Waals surface area contributed by atoms with Crippen molar-refractivity contribution in [2.75, 3.05) is 5.75 Å². The first-order valence-corrected chi connectivity index (χ1v) is 8.12. The summed E-state index contributed by atoms with van der Waals surface area (Å²) in [6.07, 6.45) is 6.02. The first-order valence-electron chi connectivity index (χ1n) is 7.13. The molecule has 2 N–H and O–H groups in total. The molecule has 1 fully saturated rings. The van der Waals surface area contributed by atoms with Crippen molar-refractivity contribution in [2.45, 2.75) is 43.8 Å². The number of amides is 3. The van der Waals surface area contributed by atoms with Crippen molar-refractivity contribution >= 4 is 23.7 Å². The molecule has 1 aliphatic rings. The SMILES string of the molecule is CC1CCCCC1NC(=O)NC(=O)CSc1nncn1C. The minimum Gasteiger partial charge on any atom is -0.335 e. The minimum absolute atomic E-state index is 0.139. The van der Waals surface area contributed by atoms with E-state index in [1.807, 2.05) is 0 Å². The normalized spacial score (nSPS) is 21.8. The lowest BCUT2D eigenvalue weighted by molar-refractivity contribution is -0.117. The van der Waals surface area contributed by atoms with Gasteiger partial charge >= 0.3 is 6.03 Å². The summed E-state index contributed by atoms with van der Waals surface area (Å²) in [5.41, 5.74) is 0. The number of carbonyl (C=O) groups is 2. The van der Waals surface area contributed by atoms with Crippen LogP contribution in [0.5, 0.6) is 0 Å². The number of aromatic nitrogens is 3. The molecule has 21 heavy (non-hydrogen) atoms. The molecule has 0 saturated heterocycles. The Morgan fingerprint density at radius 2 is 2.19 bits per heavy atom. The Labute approximate surface area is 128 Å². The molecule has 1 aromatic rings. The molecule has 1 aliphatic carbocycles. The van der Waals surface area contributed by atoms with Gasteiger partial charge in [-0.2, -0.15) is 0 Å². The molecule has 7 nitrogen and oxygen atoms in total. The third-order valence-corrected chi connectivity index (χ3v) is 4.72. The van der Waals surface area contributed by atoms with E-state index >= 15 is 0 Å². The second-order valence-corrected chi connectivity index (χ2v) is 6.35. The number of urea groups is 1. The molecule has 1 saturated carbocycles. The van der Waals surface area contributed by atoms with Crippen LogP contribution in [-0.2, 0) is 11.8 Å². The number of nitrogens with one attached hydrogen (secondary N) is 2. The second-order valence-electron chi connectivity index (χ2n) is 5.40. The largest absolute Gasteiger partial charge is 0.335 e. The third-order valence-electron chi connectivity index (χ3n) is 3.68. The summed E-state index contributed by atoms with van der Waals surface area (Å²) in [5.74, 6) is 0.275. The van der Waals surface area contributed by atoms with Gasteiger partial charge in [-0.05, 0) is 18.8 Å². The van der Waals surface area contributed by atoms with Gasteiger partial charge in [-0.1, -0.05) is 31.5 Å². The number of nitrogens with zero attached hydrogens (tertiary/aromatic N) is 3. The first-order chi connectivity index (χ1) is 10.1. The maximum atomic E-state index is 11.8. The molecule has 1 aromatic heterocycles. The van der Waals surface area contributed by atoms with E-state index in [1.165, 1.54) is 18.2 Å². The van der Waals surface area contributed by atoms with E-state index in [9.17, 15) is 9.59 Å². The van der Waals surface area contributed by atoms with Crippen molar-refractivity contribution in [3.05, 3.63) is 6.33 Å². The van der Waals surface area contributed by atoms with Crippen LogP contribution in [0.25, 0.3) is 0 Å². The average Bonchev–Trinajstić information content (AvgIpc) is 2.84. The van der Waals surface area contributed by atoms with Gasteiger partial charge in [-0.15, -0.1) is 10.2 Å². The fourth-order valence-electron chi connectivity index (χ4n) is 2.43. The lowest BCUT2D eigenvalue weighted by Gasteiger charge is -2.29. The predicted molar refractivity (Wildman–Crippen MR) is 79.8 cm³/mol. The number of thioether (sulfide) groups is 1. The van der Waals surface area contributed by atoms with Crippen LogP contribution in [0.3, 0.4) is 0 Å². The summed E-state index contributed by atoms with van der Waals surface area (Å²) in [7, 11) is 1.80. The van der Waals surface area contributed by atoms with Crippen LogP contribution in [-0.4, -0.2) is 38.5 Å². The molecule has 2 rings (SSSR count). The van der Waals surface area contributed by atoms with Crippen LogP contribution in [0.4, 0.5) is 4.79 Å². The number of hydrogen-bond acceptors (Lipinski definition) is 5. The van der Waals surface area contributed by atoms with Crippen LogP contribution >= 0.6 is 11.8 Å². The molecule has 0 aromatic carbocycles. The van der Waals surface area contributed by atoms with Crippen molar-refractivity contribution < 1.29 is 9.59 Å². The predicted octanol–water partition coefficient (Wildman–Crippen LogP) is 1.31. The highest BCUT2D eigenvalue weighted by Crippen LogP contribution is 2.23. The Morgan fingerprint density at radius 3 is 2.86 bits per heavy atom.